The molecule has 0 bridgehead atoms. The quantitative estimate of drug-likeness (QED) is 0.876. The van der Waals surface area contributed by atoms with Gasteiger partial charge in [0.25, 0.3) is 0 Å². The lowest BCUT2D eigenvalue weighted by Gasteiger charge is -2.17. The maximum atomic E-state index is 5.91. The van der Waals surface area contributed by atoms with Crippen LogP contribution in [0.3, 0.4) is 0 Å². The molecule has 2 N–H and O–H groups in total. The average molecular weight is 295 g/mol. The van der Waals surface area contributed by atoms with E-state index in [0.29, 0.717) is 5.25 Å². The zero-order valence-electron chi connectivity index (χ0n) is 12.6. The maximum absolute atomic E-state index is 5.91. The molecule has 20 heavy (non-hydrogen) atoms. The first kappa shape index (κ1) is 15.5. The van der Waals surface area contributed by atoms with Crippen LogP contribution in [0.25, 0.3) is 0 Å². The van der Waals surface area contributed by atoms with Crippen molar-refractivity contribution in [1.29, 1.82) is 0 Å². The second-order valence-electron chi connectivity index (χ2n) is 5.50. The predicted octanol–water partition coefficient (Wildman–Crippen LogP) is 3.03. The van der Waals surface area contributed by atoms with Crippen molar-refractivity contribution >= 4 is 11.8 Å². The van der Waals surface area contributed by atoms with E-state index in [2.05, 4.69) is 23.9 Å². The lowest BCUT2D eigenvalue weighted by molar-refractivity contribution is 0.393. The number of methoxy groups -OCH3 is 2. The molecule has 1 aromatic carbocycles. The molecule has 112 valence electrons. The van der Waals surface area contributed by atoms with Crippen LogP contribution in [-0.2, 0) is 12.8 Å². The summed E-state index contributed by atoms with van der Waals surface area (Å²) in [6.07, 6.45) is 4.50. The van der Waals surface area contributed by atoms with Gasteiger partial charge in [-0.15, -0.1) is 0 Å². The van der Waals surface area contributed by atoms with Gasteiger partial charge in [-0.3, -0.25) is 0 Å². The summed E-state index contributed by atoms with van der Waals surface area (Å²) in [6, 6.07) is 4.34. The number of hydrogen-bond donors (Lipinski definition) is 1. The molecule has 1 saturated heterocycles. The van der Waals surface area contributed by atoms with Crippen molar-refractivity contribution in [2.45, 2.75) is 43.9 Å². The number of benzene rings is 1. The summed E-state index contributed by atoms with van der Waals surface area (Å²) < 4.78 is 11.1. The van der Waals surface area contributed by atoms with Crippen LogP contribution in [0, 0.1) is 0 Å². The van der Waals surface area contributed by atoms with E-state index < -0.39 is 0 Å². The average Bonchev–Trinajstić information content (AvgIpc) is 2.92. The molecule has 0 radical (unpaired) electrons. The van der Waals surface area contributed by atoms with E-state index in [1.165, 1.54) is 24.2 Å². The SMILES string of the molecule is COc1cc(C[C@@H](C)N)c(OC)cc1C[C@@H]1CCCS1. The van der Waals surface area contributed by atoms with Gasteiger partial charge >= 0.3 is 0 Å². The van der Waals surface area contributed by atoms with Gasteiger partial charge in [-0.05, 0) is 61.6 Å². The Morgan fingerprint density at radius 2 is 1.90 bits per heavy atom. The summed E-state index contributed by atoms with van der Waals surface area (Å²) in [6.45, 7) is 2.01. The molecule has 3 nitrogen and oxygen atoms in total. The van der Waals surface area contributed by atoms with Crippen molar-refractivity contribution < 1.29 is 9.47 Å². The van der Waals surface area contributed by atoms with Gasteiger partial charge in [0.1, 0.15) is 11.5 Å². The Kier molecular flexibility index (Phi) is 5.61. The molecule has 0 amide bonds. The molecule has 1 aliphatic heterocycles. The molecule has 2 atom stereocenters. The van der Waals surface area contributed by atoms with Crippen LogP contribution in [0.4, 0.5) is 0 Å². The van der Waals surface area contributed by atoms with Gasteiger partial charge in [-0.2, -0.15) is 11.8 Å². The number of thioether (sulfide) groups is 1. The molecule has 1 aromatic rings. The fourth-order valence-corrected chi connectivity index (χ4v) is 4.04. The largest absolute Gasteiger partial charge is 0.496 e. The Balaban J connectivity index is 2.25. The molecule has 0 aliphatic carbocycles. The Morgan fingerprint density at radius 3 is 2.45 bits per heavy atom. The third-order valence-corrected chi connectivity index (χ3v) is 5.10. The first-order chi connectivity index (χ1) is 9.63. The second-order valence-corrected chi connectivity index (χ2v) is 6.90. The zero-order chi connectivity index (χ0) is 14.5. The third kappa shape index (κ3) is 3.83. The minimum Gasteiger partial charge on any atom is -0.496 e. The van der Waals surface area contributed by atoms with Gasteiger partial charge in [0.2, 0.25) is 0 Å². The highest BCUT2D eigenvalue weighted by Crippen LogP contribution is 2.35. The molecule has 2 rings (SSSR count). The first-order valence-electron chi connectivity index (χ1n) is 7.25. The van der Waals surface area contributed by atoms with Crippen LogP contribution < -0.4 is 15.2 Å². The summed E-state index contributed by atoms with van der Waals surface area (Å²) in [7, 11) is 3.46. The van der Waals surface area contributed by atoms with E-state index in [0.717, 1.165) is 29.9 Å². The number of rotatable bonds is 6. The monoisotopic (exact) mass is 295 g/mol. The van der Waals surface area contributed by atoms with Crippen LogP contribution in [-0.4, -0.2) is 31.3 Å². The fraction of sp³-hybridized carbons (Fsp3) is 0.625. The van der Waals surface area contributed by atoms with Crippen LogP contribution in [0.1, 0.15) is 30.9 Å². The van der Waals surface area contributed by atoms with Gasteiger partial charge in [-0.25, -0.2) is 0 Å². The molecule has 0 aromatic heterocycles. The molecular formula is C16H25NO2S. The van der Waals surface area contributed by atoms with Crippen molar-refractivity contribution in [2.24, 2.45) is 5.73 Å². The van der Waals surface area contributed by atoms with Gasteiger partial charge in [0, 0.05) is 11.3 Å². The third-order valence-electron chi connectivity index (χ3n) is 3.70. The lowest BCUT2D eigenvalue weighted by Crippen LogP contribution is -2.18. The molecule has 1 fully saturated rings. The number of hydrogen-bond acceptors (Lipinski definition) is 4. The Hall–Kier alpha value is -0.870. The van der Waals surface area contributed by atoms with E-state index in [4.69, 9.17) is 15.2 Å². The molecule has 4 heteroatoms. The minimum absolute atomic E-state index is 0.116. The second kappa shape index (κ2) is 7.23. The molecule has 1 heterocycles. The first-order valence-corrected chi connectivity index (χ1v) is 8.30. The van der Waals surface area contributed by atoms with Crippen LogP contribution in [0.15, 0.2) is 12.1 Å². The predicted molar refractivity (Wildman–Crippen MR) is 86.1 cm³/mol. The number of nitrogens with two attached hydrogens (primary N) is 1. The Bertz CT molecular complexity index is 442. The maximum Gasteiger partial charge on any atom is 0.122 e. The van der Waals surface area contributed by atoms with Gasteiger partial charge in [0.15, 0.2) is 0 Å². The van der Waals surface area contributed by atoms with Crippen molar-refractivity contribution in [3.05, 3.63) is 23.3 Å². The lowest BCUT2D eigenvalue weighted by atomic mass is 9.99. The highest BCUT2D eigenvalue weighted by Gasteiger charge is 2.20. The van der Waals surface area contributed by atoms with Crippen LogP contribution >= 0.6 is 11.8 Å². The Morgan fingerprint density at radius 1 is 1.25 bits per heavy atom. The fourth-order valence-electron chi connectivity index (χ4n) is 2.74. The van der Waals surface area contributed by atoms with E-state index in [1.807, 2.05) is 6.92 Å². The van der Waals surface area contributed by atoms with E-state index in [9.17, 15) is 0 Å². The summed E-state index contributed by atoms with van der Waals surface area (Å²) in [4.78, 5) is 0. The van der Waals surface area contributed by atoms with E-state index >= 15 is 0 Å². The van der Waals surface area contributed by atoms with Gasteiger partial charge < -0.3 is 15.2 Å². The molecule has 0 unspecified atom stereocenters. The summed E-state index contributed by atoms with van der Waals surface area (Å²) in [5.74, 6) is 3.18. The zero-order valence-corrected chi connectivity index (χ0v) is 13.5. The topological polar surface area (TPSA) is 44.5 Å². The summed E-state index contributed by atoms with van der Waals surface area (Å²) >= 11 is 2.07. The molecule has 0 spiro atoms. The summed E-state index contributed by atoms with van der Waals surface area (Å²) in [5, 5.41) is 0.716. The van der Waals surface area contributed by atoms with Crippen LogP contribution in [0.5, 0.6) is 11.5 Å². The van der Waals surface area contributed by atoms with Gasteiger partial charge in [0.05, 0.1) is 14.2 Å². The normalized spacial score (nSPS) is 19.9. The van der Waals surface area contributed by atoms with Gasteiger partial charge in [-0.1, -0.05) is 0 Å². The standard InChI is InChI=1S/C16H25NO2S/c1-11(17)7-12-9-16(19-3)13(10-15(12)18-2)8-14-5-4-6-20-14/h9-11,14H,4-8,17H2,1-3H3/t11-,14+/m1/s1. The van der Waals surface area contributed by atoms with Crippen molar-refractivity contribution in [3.63, 3.8) is 0 Å². The van der Waals surface area contributed by atoms with E-state index in [-0.39, 0.29) is 6.04 Å². The van der Waals surface area contributed by atoms with E-state index in [1.54, 1.807) is 14.2 Å². The Labute approximate surface area is 126 Å². The molecule has 1 aliphatic rings. The van der Waals surface area contributed by atoms with Crippen LogP contribution in [0.2, 0.25) is 0 Å². The molecular weight excluding hydrogens is 270 g/mol. The van der Waals surface area contributed by atoms with Crippen molar-refractivity contribution in [1.82, 2.24) is 0 Å². The minimum atomic E-state index is 0.116. The highest BCUT2D eigenvalue weighted by molar-refractivity contribution is 8.00. The number of ether oxygens (including phenoxy) is 2. The molecule has 0 saturated carbocycles. The van der Waals surface area contributed by atoms with Crippen molar-refractivity contribution in [2.75, 3.05) is 20.0 Å². The summed E-state index contributed by atoms with van der Waals surface area (Å²) in [5.41, 5.74) is 8.28. The smallest absolute Gasteiger partial charge is 0.122 e. The van der Waals surface area contributed by atoms with Crippen molar-refractivity contribution in [3.8, 4) is 11.5 Å². The highest BCUT2D eigenvalue weighted by atomic mass is 32.2.